The molecule has 0 spiro atoms. The van der Waals surface area contributed by atoms with Gasteiger partial charge in [0, 0.05) is 6.61 Å². The summed E-state index contributed by atoms with van der Waals surface area (Å²) in [5, 5.41) is 9.35. The van der Waals surface area contributed by atoms with Crippen LogP contribution in [0.2, 0.25) is 0 Å². The third kappa shape index (κ3) is 3.72. The SMILES string of the molecule is CC(CO)CCC[C@@H](C)[C@H]1CC[C@H]2[C@@H]3CCC4C(C)(C)CCC[C@]4(C)[C@H]3CC[C@]12C. The molecule has 4 saturated carbocycles. The van der Waals surface area contributed by atoms with Gasteiger partial charge in [-0.3, -0.25) is 0 Å². The third-order valence-corrected chi connectivity index (χ3v) is 11.8. The van der Waals surface area contributed by atoms with E-state index < -0.39 is 0 Å². The molecular weight excluding hydrogens is 364 g/mol. The maximum atomic E-state index is 9.35. The zero-order valence-electron chi connectivity index (χ0n) is 21.2. The lowest BCUT2D eigenvalue weighted by Crippen LogP contribution is -2.56. The van der Waals surface area contributed by atoms with Gasteiger partial charge in [-0.05, 0) is 115 Å². The summed E-state index contributed by atoms with van der Waals surface area (Å²) in [4.78, 5) is 0. The summed E-state index contributed by atoms with van der Waals surface area (Å²) in [7, 11) is 0. The Labute approximate surface area is 188 Å². The highest BCUT2D eigenvalue weighted by atomic mass is 16.3. The summed E-state index contributed by atoms with van der Waals surface area (Å²) in [5.74, 6) is 6.29. The fraction of sp³-hybridized carbons (Fsp3) is 1.00. The Morgan fingerprint density at radius 1 is 0.800 bits per heavy atom. The quantitative estimate of drug-likeness (QED) is 0.463. The topological polar surface area (TPSA) is 20.2 Å². The van der Waals surface area contributed by atoms with Crippen molar-refractivity contribution in [3.63, 3.8) is 0 Å². The monoisotopic (exact) mass is 416 g/mol. The lowest BCUT2D eigenvalue weighted by atomic mass is 9.41. The molecule has 0 radical (unpaired) electrons. The van der Waals surface area contributed by atoms with Gasteiger partial charge in [-0.1, -0.05) is 60.8 Å². The Bertz CT molecular complexity index is 595. The molecule has 30 heavy (non-hydrogen) atoms. The van der Waals surface area contributed by atoms with Gasteiger partial charge in [-0.25, -0.2) is 0 Å². The van der Waals surface area contributed by atoms with Gasteiger partial charge in [-0.2, -0.15) is 0 Å². The zero-order chi connectivity index (χ0) is 21.7. The molecule has 0 saturated heterocycles. The summed E-state index contributed by atoms with van der Waals surface area (Å²) < 4.78 is 0. The molecule has 0 aromatic carbocycles. The van der Waals surface area contributed by atoms with E-state index in [0.29, 0.717) is 28.8 Å². The van der Waals surface area contributed by atoms with E-state index in [0.717, 1.165) is 35.5 Å². The predicted molar refractivity (Wildman–Crippen MR) is 128 cm³/mol. The number of rotatable bonds is 6. The van der Waals surface area contributed by atoms with Crippen LogP contribution in [-0.4, -0.2) is 11.7 Å². The van der Waals surface area contributed by atoms with Crippen LogP contribution in [-0.2, 0) is 0 Å². The van der Waals surface area contributed by atoms with Crippen molar-refractivity contribution in [3.8, 4) is 0 Å². The van der Waals surface area contributed by atoms with Crippen molar-refractivity contribution in [1.82, 2.24) is 0 Å². The highest BCUT2D eigenvalue weighted by molar-refractivity contribution is 5.11. The molecule has 1 nitrogen and oxygen atoms in total. The van der Waals surface area contributed by atoms with E-state index in [9.17, 15) is 5.11 Å². The smallest absolute Gasteiger partial charge is 0.0456 e. The average Bonchev–Trinajstić information content (AvgIpc) is 3.04. The normalized spacial score (nSPS) is 47.1. The van der Waals surface area contributed by atoms with E-state index in [1.54, 1.807) is 0 Å². The summed E-state index contributed by atoms with van der Waals surface area (Å²) in [6.07, 6.45) is 17.4. The maximum absolute atomic E-state index is 9.35. The van der Waals surface area contributed by atoms with Crippen LogP contribution < -0.4 is 0 Å². The molecular formula is C29H52O. The van der Waals surface area contributed by atoms with E-state index in [-0.39, 0.29) is 0 Å². The van der Waals surface area contributed by atoms with Gasteiger partial charge in [0.05, 0.1) is 0 Å². The lowest BCUT2D eigenvalue weighted by molar-refractivity contribution is -0.147. The number of aliphatic hydroxyl groups excluding tert-OH is 1. The highest BCUT2D eigenvalue weighted by Crippen LogP contribution is 2.70. The maximum Gasteiger partial charge on any atom is 0.0456 e. The first kappa shape index (κ1) is 23.1. The number of hydrogen-bond acceptors (Lipinski definition) is 1. The van der Waals surface area contributed by atoms with Crippen LogP contribution in [0.15, 0.2) is 0 Å². The van der Waals surface area contributed by atoms with Crippen LogP contribution in [0.5, 0.6) is 0 Å². The first-order valence-corrected chi connectivity index (χ1v) is 13.7. The molecule has 1 heteroatoms. The van der Waals surface area contributed by atoms with Crippen LogP contribution in [0.1, 0.15) is 119 Å². The van der Waals surface area contributed by atoms with Crippen molar-refractivity contribution in [2.45, 2.75) is 119 Å². The van der Waals surface area contributed by atoms with Crippen molar-refractivity contribution >= 4 is 0 Å². The molecule has 0 aromatic heterocycles. The van der Waals surface area contributed by atoms with Crippen LogP contribution in [0.4, 0.5) is 0 Å². The minimum absolute atomic E-state index is 0.358. The van der Waals surface area contributed by atoms with Crippen molar-refractivity contribution in [3.05, 3.63) is 0 Å². The predicted octanol–water partition coefficient (Wildman–Crippen LogP) is 8.11. The first-order chi connectivity index (χ1) is 14.1. The second-order valence-electron chi connectivity index (χ2n) is 13.8. The van der Waals surface area contributed by atoms with E-state index in [1.807, 2.05) is 0 Å². The second-order valence-corrected chi connectivity index (χ2v) is 13.8. The van der Waals surface area contributed by atoms with Gasteiger partial charge in [-0.15, -0.1) is 0 Å². The van der Waals surface area contributed by atoms with Gasteiger partial charge in [0.15, 0.2) is 0 Å². The Morgan fingerprint density at radius 3 is 2.27 bits per heavy atom. The molecule has 0 amide bonds. The van der Waals surface area contributed by atoms with Crippen LogP contribution in [0.3, 0.4) is 0 Å². The van der Waals surface area contributed by atoms with Gasteiger partial charge >= 0.3 is 0 Å². The fourth-order valence-electron chi connectivity index (χ4n) is 10.3. The standard InChI is InChI=1S/C29H52O/c1-20(19-30)9-7-10-21(2)23-12-13-24-22-11-14-26-27(3,4)16-8-17-29(26,6)25(22)15-18-28(23,24)5/h20-26,30H,7-19H2,1-6H3/t20?,21-,22+,23-,24+,25+,26?,28-,29-/m1/s1. The fourth-order valence-corrected chi connectivity index (χ4v) is 10.3. The molecule has 4 rings (SSSR count). The summed E-state index contributed by atoms with van der Waals surface area (Å²) in [5.41, 5.74) is 1.80. The molecule has 0 bridgehead atoms. The zero-order valence-corrected chi connectivity index (χ0v) is 21.2. The molecule has 9 atom stereocenters. The molecule has 4 aliphatic carbocycles. The highest BCUT2D eigenvalue weighted by Gasteiger charge is 2.62. The molecule has 0 heterocycles. The van der Waals surface area contributed by atoms with Gasteiger partial charge in [0.1, 0.15) is 0 Å². The van der Waals surface area contributed by atoms with E-state index in [4.69, 9.17) is 0 Å². The van der Waals surface area contributed by atoms with Crippen LogP contribution in [0, 0.1) is 57.7 Å². The van der Waals surface area contributed by atoms with Crippen molar-refractivity contribution < 1.29 is 5.11 Å². The van der Waals surface area contributed by atoms with Crippen molar-refractivity contribution in [2.24, 2.45) is 57.7 Å². The van der Waals surface area contributed by atoms with Gasteiger partial charge in [0.2, 0.25) is 0 Å². The van der Waals surface area contributed by atoms with Crippen molar-refractivity contribution in [2.75, 3.05) is 6.61 Å². The molecule has 1 N–H and O–H groups in total. The minimum atomic E-state index is 0.358. The van der Waals surface area contributed by atoms with E-state index in [2.05, 4.69) is 41.5 Å². The minimum Gasteiger partial charge on any atom is -0.396 e. The largest absolute Gasteiger partial charge is 0.396 e. The Morgan fingerprint density at radius 2 is 1.53 bits per heavy atom. The van der Waals surface area contributed by atoms with Crippen LogP contribution >= 0.6 is 0 Å². The van der Waals surface area contributed by atoms with Crippen LogP contribution in [0.25, 0.3) is 0 Å². The molecule has 4 aliphatic rings. The summed E-state index contributed by atoms with van der Waals surface area (Å²) in [6.45, 7) is 15.8. The van der Waals surface area contributed by atoms with E-state index >= 15 is 0 Å². The third-order valence-electron chi connectivity index (χ3n) is 11.8. The molecule has 0 aliphatic heterocycles. The molecule has 174 valence electrons. The molecule has 0 aromatic rings. The first-order valence-electron chi connectivity index (χ1n) is 13.7. The van der Waals surface area contributed by atoms with E-state index in [1.165, 1.54) is 77.0 Å². The number of fused-ring (bicyclic) bond motifs is 5. The Balaban J connectivity index is 1.46. The second kappa shape index (κ2) is 8.39. The van der Waals surface area contributed by atoms with Gasteiger partial charge in [0.25, 0.3) is 0 Å². The lowest BCUT2D eigenvalue weighted by Gasteiger charge is -2.64. The number of aliphatic hydroxyl groups is 1. The molecule has 2 unspecified atom stereocenters. The van der Waals surface area contributed by atoms with Crippen molar-refractivity contribution in [1.29, 1.82) is 0 Å². The summed E-state index contributed by atoms with van der Waals surface area (Å²) in [6, 6.07) is 0. The Kier molecular flexibility index (Phi) is 6.47. The van der Waals surface area contributed by atoms with Gasteiger partial charge < -0.3 is 5.11 Å². The molecule has 4 fully saturated rings. The Hall–Kier alpha value is -0.0400. The average molecular weight is 417 g/mol. The summed E-state index contributed by atoms with van der Waals surface area (Å²) >= 11 is 0. The number of hydrogen-bond donors (Lipinski definition) is 1.